The van der Waals surface area contributed by atoms with Gasteiger partial charge < -0.3 is 4.90 Å². The molecule has 1 amide bonds. The molecule has 0 saturated heterocycles. The highest BCUT2D eigenvalue weighted by atomic mass is 32.1. The molecule has 3 aromatic rings. The Kier molecular flexibility index (Phi) is 3.21. The minimum Gasteiger partial charge on any atom is -0.307 e. The van der Waals surface area contributed by atoms with Crippen LogP contribution >= 0.6 is 11.3 Å². The fourth-order valence-corrected chi connectivity index (χ4v) is 4.20. The van der Waals surface area contributed by atoms with Gasteiger partial charge in [-0.15, -0.1) is 11.3 Å². The number of anilines is 1. The summed E-state index contributed by atoms with van der Waals surface area (Å²) in [6.07, 6.45) is 0.826. The Bertz CT molecular complexity index is 1110. The average molecular weight is 341 g/mol. The van der Waals surface area contributed by atoms with Gasteiger partial charge in [0.1, 0.15) is 4.83 Å². The van der Waals surface area contributed by atoms with E-state index in [-0.39, 0.29) is 17.2 Å². The van der Waals surface area contributed by atoms with E-state index in [0.29, 0.717) is 21.6 Å². The summed E-state index contributed by atoms with van der Waals surface area (Å²) in [6.45, 7) is 0.628. The molecular formula is C17H15N3O3S. The summed E-state index contributed by atoms with van der Waals surface area (Å²) in [5.74, 6) is -0.129. The van der Waals surface area contributed by atoms with E-state index in [0.717, 1.165) is 22.2 Å². The Balaban J connectivity index is 1.85. The highest BCUT2D eigenvalue weighted by molar-refractivity contribution is 7.20. The number of benzene rings is 1. The third-order valence-electron chi connectivity index (χ3n) is 4.47. The Morgan fingerprint density at radius 1 is 1.12 bits per heavy atom. The summed E-state index contributed by atoms with van der Waals surface area (Å²) in [5, 5.41) is 0.403. The SMILES string of the molecule is Cn1c(=O)c2cc(C(=O)N3CCc4ccccc43)sc2n(C)c1=O. The predicted octanol–water partition coefficient (Wildman–Crippen LogP) is 1.50. The molecule has 0 fully saturated rings. The molecule has 6 nitrogen and oxygen atoms in total. The zero-order valence-electron chi connectivity index (χ0n) is 13.3. The van der Waals surface area contributed by atoms with E-state index in [2.05, 4.69) is 0 Å². The van der Waals surface area contributed by atoms with Gasteiger partial charge in [-0.05, 0) is 24.1 Å². The number of amides is 1. The number of fused-ring (bicyclic) bond motifs is 2. The second-order valence-corrected chi connectivity index (χ2v) is 6.90. The molecule has 24 heavy (non-hydrogen) atoms. The molecule has 7 heteroatoms. The molecule has 0 bridgehead atoms. The fourth-order valence-electron chi connectivity index (χ4n) is 3.15. The molecule has 1 aromatic carbocycles. The Morgan fingerprint density at radius 2 is 1.88 bits per heavy atom. The summed E-state index contributed by atoms with van der Waals surface area (Å²) in [4.78, 5) is 40.0. The molecule has 0 radical (unpaired) electrons. The Morgan fingerprint density at radius 3 is 2.67 bits per heavy atom. The first-order valence-electron chi connectivity index (χ1n) is 7.58. The molecule has 0 aliphatic carbocycles. The maximum Gasteiger partial charge on any atom is 0.331 e. The number of para-hydroxylation sites is 1. The molecule has 2 aromatic heterocycles. The van der Waals surface area contributed by atoms with Crippen molar-refractivity contribution in [3.63, 3.8) is 0 Å². The van der Waals surface area contributed by atoms with Crippen molar-refractivity contribution in [2.45, 2.75) is 6.42 Å². The standard InChI is InChI=1S/C17H15N3O3S/c1-18-14(21)11-9-13(24-16(11)19(2)17(18)23)15(22)20-8-7-10-5-3-4-6-12(10)20/h3-6,9H,7-8H2,1-2H3. The van der Waals surface area contributed by atoms with Crippen molar-refractivity contribution in [2.24, 2.45) is 14.1 Å². The first-order chi connectivity index (χ1) is 11.5. The molecule has 1 aliphatic heterocycles. The van der Waals surface area contributed by atoms with E-state index in [4.69, 9.17) is 0 Å². The lowest BCUT2D eigenvalue weighted by atomic mass is 10.2. The van der Waals surface area contributed by atoms with Gasteiger partial charge in [0.25, 0.3) is 11.5 Å². The smallest absolute Gasteiger partial charge is 0.307 e. The van der Waals surface area contributed by atoms with Gasteiger partial charge in [0.05, 0.1) is 10.3 Å². The van der Waals surface area contributed by atoms with Crippen molar-refractivity contribution >= 4 is 33.1 Å². The number of carbonyl (C=O) groups excluding carboxylic acids is 1. The maximum atomic E-state index is 12.9. The molecule has 0 spiro atoms. The van der Waals surface area contributed by atoms with Gasteiger partial charge in [-0.3, -0.25) is 18.7 Å². The lowest BCUT2D eigenvalue weighted by molar-refractivity contribution is 0.0993. The molecule has 0 saturated carbocycles. The minimum atomic E-state index is -0.389. The van der Waals surface area contributed by atoms with Crippen molar-refractivity contribution < 1.29 is 4.79 Å². The zero-order chi connectivity index (χ0) is 17.0. The van der Waals surface area contributed by atoms with Gasteiger partial charge in [-0.1, -0.05) is 18.2 Å². The van der Waals surface area contributed by atoms with Gasteiger partial charge in [0.15, 0.2) is 0 Å². The highest BCUT2D eigenvalue weighted by Crippen LogP contribution is 2.31. The van der Waals surface area contributed by atoms with Crippen LogP contribution in [-0.2, 0) is 20.5 Å². The second-order valence-electron chi connectivity index (χ2n) is 5.87. The third-order valence-corrected chi connectivity index (χ3v) is 5.67. The monoisotopic (exact) mass is 341 g/mol. The van der Waals surface area contributed by atoms with Gasteiger partial charge in [-0.25, -0.2) is 4.79 Å². The molecule has 1 aliphatic rings. The summed E-state index contributed by atoms with van der Waals surface area (Å²) in [7, 11) is 3.06. The summed E-state index contributed by atoms with van der Waals surface area (Å²) in [6, 6.07) is 9.43. The predicted molar refractivity (Wildman–Crippen MR) is 94.1 cm³/mol. The summed E-state index contributed by atoms with van der Waals surface area (Å²) in [5.41, 5.74) is 1.31. The third kappa shape index (κ3) is 1.98. The van der Waals surface area contributed by atoms with Crippen LogP contribution in [0.1, 0.15) is 15.2 Å². The molecule has 0 N–H and O–H groups in total. The van der Waals surface area contributed by atoms with Crippen LogP contribution in [0.4, 0.5) is 5.69 Å². The van der Waals surface area contributed by atoms with Crippen molar-refractivity contribution in [3.8, 4) is 0 Å². The van der Waals surface area contributed by atoms with E-state index < -0.39 is 0 Å². The van der Waals surface area contributed by atoms with E-state index >= 15 is 0 Å². The van der Waals surface area contributed by atoms with Gasteiger partial charge in [0, 0.05) is 26.3 Å². The highest BCUT2D eigenvalue weighted by Gasteiger charge is 2.27. The lowest BCUT2D eigenvalue weighted by Crippen LogP contribution is -2.36. The number of rotatable bonds is 1. The second kappa shape index (κ2) is 5.17. The van der Waals surface area contributed by atoms with E-state index in [1.54, 1.807) is 18.0 Å². The number of carbonyl (C=O) groups is 1. The number of nitrogens with zero attached hydrogens (tertiary/aromatic N) is 3. The van der Waals surface area contributed by atoms with E-state index in [1.807, 2.05) is 24.3 Å². The zero-order valence-corrected chi connectivity index (χ0v) is 14.1. The lowest BCUT2D eigenvalue weighted by Gasteiger charge is -2.15. The normalized spacial score (nSPS) is 13.5. The van der Waals surface area contributed by atoms with Gasteiger partial charge >= 0.3 is 5.69 Å². The van der Waals surface area contributed by atoms with Crippen LogP contribution in [0, 0.1) is 0 Å². The van der Waals surface area contributed by atoms with E-state index in [9.17, 15) is 14.4 Å². The van der Waals surface area contributed by atoms with Crippen molar-refractivity contribution in [1.82, 2.24) is 9.13 Å². The van der Waals surface area contributed by atoms with Gasteiger partial charge in [0.2, 0.25) is 0 Å². The minimum absolute atomic E-state index is 0.129. The first kappa shape index (κ1) is 14.9. The first-order valence-corrected chi connectivity index (χ1v) is 8.40. The van der Waals surface area contributed by atoms with Crippen LogP contribution in [0.3, 0.4) is 0 Å². The van der Waals surface area contributed by atoms with Crippen LogP contribution in [0.25, 0.3) is 10.2 Å². The van der Waals surface area contributed by atoms with Crippen molar-refractivity contribution in [3.05, 3.63) is 61.6 Å². The van der Waals surface area contributed by atoms with Crippen LogP contribution in [-0.4, -0.2) is 21.6 Å². The number of hydrogen-bond acceptors (Lipinski definition) is 4. The van der Waals surface area contributed by atoms with Crippen LogP contribution in [0.5, 0.6) is 0 Å². The molecule has 4 rings (SSSR count). The topological polar surface area (TPSA) is 64.3 Å². The van der Waals surface area contributed by atoms with Crippen LogP contribution in [0.15, 0.2) is 39.9 Å². The average Bonchev–Trinajstić information content (AvgIpc) is 3.22. The number of thiophene rings is 1. The number of hydrogen-bond donors (Lipinski definition) is 0. The van der Waals surface area contributed by atoms with Crippen molar-refractivity contribution in [2.75, 3.05) is 11.4 Å². The largest absolute Gasteiger partial charge is 0.331 e. The van der Waals surface area contributed by atoms with Crippen LogP contribution in [0.2, 0.25) is 0 Å². The fraction of sp³-hybridized carbons (Fsp3) is 0.235. The molecule has 0 unspecified atom stereocenters. The quantitative estimate of drug-likeness (QED) is 0.674. The molecule has 122 valence electrons. The van der Waals surface area contributed by atoms with E-state index in [1.165, 1.54) is 23.0 Å². The van der Waals surface area contributed by atoms with Gasteiger partial charge in [-0.2, -0.15) is 0 Å². The van der Waals surface area contributed by atoms with Crippen LogP contribution < -0.4 is 16.1 Å². The Hall–Kier alpha value is -2.67. The molecule has 3 heterocycles. The molecular weight excluding hydrogens is 326 g/mol. The number of aryl methyl sites for hydroxylation is 1. The summed E-state index contributed by atoms with van der Waals surface area (Å²) < 4.78 is 2.48. The molecule has 0 atom stereocenters. The Labute approximate surface area is 141 Å². The number of aromatic nitrogens is 2. The maximum absolute atomic E-state index is 12.9. The van der Waals surface area contributed by atoms with Crippen molar-refractivity contribution in [1.29, 1.82) is 0 Å². The summed E-state index contributed by atoms with van der Waals surface area (Å²) >= 11 is 1.19.